The molecule has 78 valence electrons. The predicted molar refractivity (Wildman–Crippen MR) is 41.2 cm³/mol. The normalized spacial score (nSPS) is 11.6. The topological polar surface area (TPSA) is 26.3 Å². The second kappa shape index (κ2) is 6.88. The zero-order valence-electron chi connectivity index (χ0n) is 7.27. The van der Waals surface area contributed by atoms with E-state index in [1.54, 1.807) is 0 Å². The van der Waals surface area contributed by atoms with Crippen molar-refractivity contribution in [2.75, 3.05) is 6.61 Å². The van der Waals surface area contributed by atoms with Gasteiger partial charge in [-0.15, -0.1) is 13.2 Å². The minimum absolute atomic E-state index is 0.287. The summed E-state index contributed by atoms with van der Waals surface area (Å²) in [6.45, 7) is -0.287. The summed E-state index contributed by atoms with van der Waals surface area (Å²) in [4.78, 5) is 9.85. The van der Waals surface area contributed by atoms with Gasteiger partial charge in [0.15, 0.2) is 0 Å². The van der Waals surface area contributed by atoms with E-state index in [2.05, 4.69) is 4.74 Å². The van der Waals surface area contributed by atoms with Crippen molar-refractivity contribution in [1.29, 1.82) is 0 Å². The van der Waals surface area contributed by atoms with Crippen LogP contribution < -0.4 is 0 Å². The van der Waals surface area contributed by atoms with Gasteiger partial charge in [-0.05, 0) is 12.8 Å². The van der Waals surface area contributed by atoms with Crippen LogP contribution in [0.5, 0.6) is 0 Å². The Labute approximate surface area is 75.1 Å². The van der Waals surface area contributed by atoms with Crippen LogP contribution in [0, 0.1) is 0 Å². The van der Waals surface area contributed by atoms with Crippen LogP contribution in [-0.4, -0.2) is 19.3 Å². The van der Waals surface area contributed by atoms with Crippen LogP contribution in [0.3, 0.4) is 0 Å². The smallest absolute Gasteiger partial charge is 0.303 e. The summed E-state index contributed by atoms with van der Waals surface area (Å²) in [6, 6.07) is 0. The largest absolute Gasteiger partial charge is 0.522 e. The molecule has 0 amide bonds. The Morgan fingerprint density at radius 2 is 1.69 bits per heavy atom. The Morgan fingerprint density at radius 1 is 1.08 bits per heavy atom. The molecule has 2 nitrogen and oxygen atoms in total. The molecule has 0 aromatic heterocycles. The molecule has 0 N–H and O–H groups in total. The van der Waals surface area contributed by atoms with Gasteiger partial charge >= 0.3 is 6.36 Å². The average molecular weight is 198 g/mol. The number of ether oxygens (including phenoxy) is 1. The molecule has 0 atom stereocenters. The molecule has 0 bridgehead atoms. The molecule has 13 heavy (non-hydrogen) atoms. The molecule has 0 unspecified atom stereocenters. The summed E-state index contributed by atoms with van der Waals surface area (Å²) < 4.78 is 37.8. The number of aldehydes is 1. The van der Waals surface area contributed by atoms with Gasteiger partial charge in [0, 0.05) is 6.42 Å². The molecule has 0 saturated carbocycles. The van der Waals surface area contributed by atoms with Crippen molar-refractivity contribution in [1.82, 2.24) is 0 Å². The highest BCUT2D eigenvalue weighted by Crippen LogP contribution is 2.16. The Morgan fingerprint density at radius 3 is 2.23 bits per heavy atom. The Balaban J connectivity index is 3.04. The zero-order chi connectivity index (χ0) is 10.2. The van der Waals surface area contributed by atoms with Crippen LogP contribution >= 0.6 is 0 Å². The SMILES string of the molecule is O=CCCCCCCOC(F)(F)F. The summed E-state index contributed by atoms with van der Waals surface area (Å²) in [5, 5.41) is 0. The van der Waals surface area contributed by atoms with Gasteiger partial charge in [-0.3, -0.25) is 4.74 Å². The summed E-state index contributed by atoms with van der Waals surface area (Å²) >= 11 is 0. The second-order valence-corrected chi connectivity index (χ2v) is 2.66. The van der Waals surface area contributed by atoms with Gasteiger partial charge in [-0.25, -0.2) is 0 Å². The molecule has 0 heterocycles. The standard InChI is InChI=1S/C8H13F3O2/c9-8(10,11)13-7-5-3-1-2-4-6-12/h6H,1-5,7H2. The maximum Gasteiger partial charge on any atom is 0.522 e. The minimum atomic E-state index is -4.51. The van der Waals surface area contributed by atoms with E-state index in [0.29, 0.717) is 19.3 Å². The molecule has 0 spiro atoms. The number of alkyl halides is 3. The van der Waals surface area contributed by atoms with Crippen LogP contribution in [0.15, 0.2) is 0 Å². The lowest BCUT2D eigenvalue weighted by molar-refractivity contribution is -0.324. The van der Waals surface area contributed by atoms with E-state index in [-0.39, 0.29) is 6.61 Å². The molecule has 0 aliphatic heterocycles. The molecule has 5 heteroatoms. The van der Waals surface area contributed by atoms with Crippen molar-refractivity contribution in [2.24, 2.45) is 0 Å². The van der Waals surface area contributed by atoms with Crippen LogP contribution in [0.1, 0.15) is 32.1 Å². The number of unbranched alkanes of at least 4 members (excludes halogenated alkanes) is 4. The van der Waals surface area contributed by atoms with Crippen molar-refractivity contribution >= 4 is 6.29 Å². The number of rotatable bonds is 7. The summed E-state index contributed by atoms with van der Waals surface area (Å²) in [6.07, 6.45) is -0.632. The maximum absolute atomic E-state index is 11.4. The highest BCUT2D eigenvalue weighted by atomic mass is 19.4. The molecule has 0 radical (unpaired) electrons. The third-order valence-corrected chi connectivity index (χ3v) is 1.48. The fourth-order valence-corrected chi connectivity index (χ4v) is 0.871. The lowest BCUT2D eigenvalue weighted by atomic mass is 10.2. The van der Waals surface area contributed by atoms with Gasteiger partial charge in [-0.1, -0.05) is 12.8 Å². The maximum atomic E-state index is 11.4. The van der Waals surface area contributed by atoms with Gasteiger partial charge in [0.2, 0.25) is 0 Å². The Bertz CT molecular complexity index is 134. The highest BCUT2D eigenvalue weighted by molar-refractivity contribution is 5.48. The number of halogens is 3. The zero-order valence-corrected chi connectivity index (χ0v) is 7.27. The highest BCUT2D eigenvalue weighted by Gasteiger charge is 2.28. The van der Waals surface area contributed by atoms with Crippen LogP contribution in [0.2, 0.25) is 0 Å². The fourth-order valence-electron chi connectivity index (χ4n) is 0.871. The van der Waals surface area contributed by atoms with E-state index < -0.39 is 6.36 Å². The summed E-state index contributed by atoms with van der Waals surface area (Å²) in [7, 11) is 0. The monoisotopic (exact) mass is 198 g/mol. The average Bonchev–Trinajstić information content (AvgIpc) is 2.01. The summed E-state index contributed by atoms with van der Waals surface area (Å²) in [5.74, 6) is 0. The van der Waals surface area contributed by atoms with E-state index in [4.69, 9.17) is 0 Å². The lowest BCUT2D eigenvalue weighted by Gasteiger charge is -2.06. The summed E-state index contributed by atoms with van der Waals surface area (Å²) in [5.41, 5.74) is 0. The van der Waals surface area contributed by atoms with E-state index in [0.717, 1.165) is 19.1 Å². The molecule has 0 aliphatic rings. The third-order valence-electron chi connectivity index (χ3n) is 1.48. The van der Waals surface area contributed by atoms with E-state index in [1.807, 2.05) is 0 Å². The first-order valence-corrected chi connectivity index (χ1v) is 4.20. The lowest BCUT2D eigenvalue weighted by Crippen LogP contribution is -2.13. The first-order chi connectivity index (χ1) is 6.06. The van der Waals surface area contributed by atoms with Gasteiger partial charge in [-0.2, -0.15) is 0 Å². The molecule has 0 fully saturated rings. The number of hydrogen-bond acceptors (Lipinski definition) is 2. The van der Waals surface area contributed by atoms with Gasteiger partial charge in [0.25, 0.3) is 0 Å². The number of carbonyl (C=O) groups is 1. The minimum Gasteiger partial charge on any atom is -0.303 e. The molecule has 0 aromatic rings. The first kappa shape index (κ1) is 12.4. The second-order valence-electron chi connectivity index (χ2n) is 2.66. The molecule has 0 aliphatic carbocycles. The van der Waals surface area contributed by atoms with Crippen LogP contribution in [-0.2, 0) is 9.53 Å². The van der Waals surface area contributed by atoms with Crippen molar-refractivity contribution in [2.45, 2.75) is 38.5 Å². The third kappa shape index (κ3) is 11.4. The number of carbonyl (C=O) groups excluding carboxylic acids is 1. The molecule has 0 saturated heterocycles. The number of hydrogen-bond donors (Lipinski definition) is 0. The van der Waals surface area contributed by atoms with E-state index in [1.165, 1.54) is 0 Å². The van der Waals surface area contributed by atoms with Crippen molar-refractivity contribution in [3.05, 3.63) is 0 Å². The molecule has 0 rings (SSSR count). The van der Waals surface area contributed by atoms with E-state index in [9.17, 15) is 18.0 Å². The quantitative estimate of drug-likeness (QED) is 0.464. The van der Waals surface area contributed by atoms with E-state index >= 15 is 0 Å². The van der Waals surface area contributed by atoms with Gasteiger partial charge < -0.3 is 4.79 Å². The van der Waals surface area contributed by atoms with Gasteiger partial charge in [0.05, 0.1) is 6.61 Å². The molecule has 0 aromatic carbocycles. The van der Waals surface area contributed by atoms with Gasteiger partial charge in [0.1, 0.15) is 6.29 Å². The molecular weight excluding hydrogens is 185 g/mol. The molecular formula is C8H13F3O2. The van der Waals surface area contributed by atoms with Crippen LogP contribution in [0.25, 0.3) is 0 Å². The fraction of sp³-hybridized carbons (Fsp3) is 0.875. The predicted octanol–water partition coefficient (Wildman–Crippen LogP) is 2.67. The Hall–Kier alpha value is -0.580. The van der Waals surface area contributed by atoms with Crippen molar-refractivity contribution < 1.29 is 22.7 Å². The van der Waals surface area contributed by atoms with Crippen molar-refractivity contribution in [3.63, 3.8) is 0 Å². The first-order valence-electron chi connectivity index (χ1n) is 4.20. The van der Waals surface area contributed by atoms with Crippen LogP contribution in [0.4, 0.5) is 13.2 Å². The van der Waals surface area contributed by atoms with Crippen molar-refractivity contribution in [3.8, 4) is 0 Å². The Kier molecular flexibility index (Phi) is 6.58.